The molecule has 0 saturated heterocycles. The highest BCUT2D eigenvalue weighted by Gasteiger charge is 2.08. The van der Waals surface area contributed by atoms with E-state index in [2.05, 4.69) is 5.32 Å². The SMILES string of the molecule is N#Cc1ccsc1NC(=O)CCSc1ccc(O)cc1. The van der Waals surface area contributed by atoms with Crippen LogP contribution in [0, 0.1) is 11.3 Å². The Kier molecular flexibility index (Phi) is 5.04. The molecular weight excluding hydrogens is 292 g/mol. The first kappa shape index (κ1) is 14.4. The molecule has 2 N–H and O–H groups in total. The fraction of sp³-hybridized carbons (Fsp3) is 0.143. The highest BCUT2D eigenvalue weighted by molar-refractivity contribution is 7.99. The molecule has 0 aliphatic carbocycles. The van der Waals surface area contributed by atoms with Crippen LogP contribution in [0.2, 0.25) is 0 Å². The maximum absolute atomic E-state index is 11.8. The van der Waals surface area contributed by atoms with Crippen molar-refractivity contribution >= 4 is 34.0 Å². The number of phenols is 1. The summed E-state index contributed by atoms with van der Waals surface area (Å²) < 4.78 is 0. The molecule has 1 aromatic heterocycles. The Morgan fingerprint density at radius 2 is 2.10 bits per heavy atom. The lowest BCUT2D eigenvalue weighted by Crippen LogP contribution is -2.11. The van der Waals surface area contributed by atoms with Crippen molar-refractivity contribution in [2.75, 3.05) is 11.1 Å². The third-order valence-corrected chi connectivity index (χ3v) is 4.32. The van der Waals surface area contributed by atoms with Gasteiger partial charge in [0.15, 0.2) is 0 Å². The highest BCUT2D eigenvalue weighted by Crippen LogP contribution is 2.24. The lowest BCUT2D eigenvalue weighted by Gasteiger charge is -2.04. The molecule has 1 heterocycles. The number of carbonyl (C=O) groups is 1. The standard InChI is InChI=1S/C14H12N2O2S2/c15-9-10-5-7-20-14(10)16-13(18)6-8-19-12-3-1-11(17)2-4-12/h1-5,7,17H,6,8H2,(H,16,18). The Morgan fingerprint density at radius 3 is 2.80 bits per heavy atom. The van der Waals surface area contributed by atoms with Gasteiger partial charge in [0.25, 0.3) is 0 Å². The summed E-state index contributed by atoms with van der Waals surface area (Å²) in [7, 11) is 0. The first-order valence-corrected chi connectivity index (χ1v) is 7.75. The van der Waals surface area contributed by atoms with Gasteiger partial charge >= 0.3 is 0 Å². The number of nitriles is 1. The molecule has 102 valence electrons. The van der Waals surface area contributed by atoms with Gasteiger partial charge in [0.05, 0.1) is 5.56 Å². The molecular formula is C14H12N2O2S2. The third-order valence-electron chi connectivity index (χ3n) is 2.47. The minimum atomic E-state index is -0.102. The summed E-state index contributed by atoms with van der Waals surface area (Å²) in [6.07, 6.45) is 0.369. The van der Waals surface area contributed by atoms with E-state index in [1.807, 2.05) is 18.2 Å². The average Bonchev–Trinajstić information content (AvgIpc) is 2.88. The molecule has 1 aromatic carbocycles. The number of rotatable bonds is 5. The molecule has 6 heteroatoms. The fourth-order valence-electron chi connectivity index (χ4n) is 1.49. The summed E-state index contributed by atoms with van der Waals surface area (Å²) in [4.78, 5) is 12.8. The smallest absolute Gasteiger partial charge is 0.225 e. The van der Waals surface area contributed by atoms with Crippen molar-refractivity contribution in [3.63, 3.8) is 0 Å². The second-order valence-electron chi connectivity index (χ2n) is 3.92. The van der Waals surface area contributed by atoms with E-state index in [1.54, 1.807) is 35.3 Å². The van der Waals surface area contributed by atoms with Crippen LogP contribution in [0.5, 0.6) is 5.75 Å². The predicted octanol–water partition coefficient (Wildman–Crippen LogP) is 3.45. The van der Waals surface area contributed by atoms with Crippen molar-refractivity contribution in [3.05, 3.63) is 41.3 Å². The number of thioether (sulfide) groups is 1. The molecule has 2 aromatic rings. The van der Waals surface area contributed by atoms with Crippen LogP contribution in [0.25, 0.3) is 0 Å². The van der Waals surface area contributed by atoms with Crippen molar-refractivity contribution in [1.82, 2.24) is 0 Å². The van der Waals surface area contributed by atoms with E-state index >= 15 is 0 Å². The van der Waals surface area contributed by atoms with Crippen LogP contribution in [-0.4, -0.2) is 16.8 Å². The Morgan fingerprint density at radius 1 is 1.35 bits per heavy atom. The van der Waals surface area contributed by atoms with Gasteiger partial charge in [-0.15, -0.1) is 23.1 Å². The van der Waals surface area contributed by atoms with Gasteiger partial charge in [0, 0.05) is 17.1 Å². The van der Waals surface area contributed by atoms with E-state index in [0.717, 1.165) is 4.90 Å². The van der Waals surface area contributed by atoms with Gasteiger partial charge in [-0.2, -0.15) is 5.26 Å². The van der Waals surface area contributed by atoms with Crippen LogP contribution in [0.15, 0.2) is 40.6 Å². The van der Waals surface area contributed by atoms with Crippen molar-refractivity contribution in [2.24, 2.45) is 0 Å². The summed E-state index contributed by atoms with van der Waals surface area (Å²) in [6.45, 7) is 0. The molecule has 0 bridgehead atoms. The van der Waals surface area contributed by atoms with E-state index < -0.39 is 0 Å². The van der Waals surface area contributed by atoms with Crippen LogP contribution in [0.4, 0.5) is 5.00 Å². The zero-order chi connectivity index (χ0) is 14.4. The zero-order valence-electron chi connectivity index (χ0n) is 10.5. The lowest BCUT2D eigenvalue weighted by atomic mass is 10.3. The average molecular weight is 304 g/mol. The highest BCUT2D eigenvalue weighted by atomic mass is 32.2. The number of amides is 1. The van der Waals surface area contributed by atoms with Crippen LogP contribution >= 0.6 is 23.1 Å². The molecule has 0 aliphatic heterocycles. The van der Waals surface area contributed by atoms with Crippen molar-refractivity contribution in [3.8, 4) is 11.8 Å². The van der Waals surface area contributed by atoms with E-state index in [-0.39, 0.29) is 11.7 Å². The number of aromatic hydroxyl groups is 1. The summed E-state index contributed by atoms with van der Waals surface area (Å²) in [6, 6.07) is 10.6. The summed E-state index contributed by atoms with van der Waals surface area (Å²) in [5.41, 5.74) is 0.495. The second-order valence-corrected chi connectivity index (χ2v) is 6.00. The van der Waals surface area contributed by atoms with Crippen molar-refractivity contribution in [1.29, 1.82) is 5.26 Å². The minimum absolute atomic E-state index is 0.102. The number of benzene rings is 1. The number of phenolic OH excluding ortho intramolecular Hbond substituents is 1. The largest absolute Gasteiger partial charge is 0.508 e. The Balaban J connectivity index is 1.78. The van der Waals surface area contributed by atoms with E-state index in [1.165, 1.54) is 11.3 Å². The minimum Gasteiger partial charge on any atom is -0.508 e. The number of hydrogen-bond acceptors (Lipinski definition) is 5. The summed E-state index contributed by atoms with van der Waals surface area (Å²) in [5.74, 6) is 0.771. The van der Waals surface area contributed by atoms with Crippen molar-refractivity contribution < 1.29 is 9.90 Å². The molecule has 0 radical (unpaired) electrons. The van der Waals surface area contributed by atoms with Crippen LogP contribution in [0.3, 0.4) is 0 Å². The molecule has 4 nitrogen and oxygen atoms in total. The van der Waals surface area contributed by atoms with Gasteiger partial charge in [-0.25, -0.2) is 0 Å². The molecule has 20 heavy (non-hydrogen) atoms. The lowest BCUT2D eigenvalue weighted by molar-refractivity contribution is -0.115. The first-order chi connectivity index (χ1) is 9.69. The molecule has 0 aliphatic rings. The van der Waals surface area contributed by atoms with Crippen molar-refractivity contribution in [2.45, 2.75) is 11.3 Å². The number of hydrogen-bond donors (Lipinski definition) is 2. The van der Waals surface area contributed by atoms with Crippen LogP contribution in [0.1, 0.15) is 12.0 Å². The Bertz CT molecular complexity index is 629. The summed E-state index contributed by atoms with van der Waals surface area (Å²) in [5, 5.41) is 23.1. The predicted molar refractivity (Wildman–Crippen MR) is 81.1 cm³/mol. The number of nitrogens with zero attached hydrogens (tertiary/aromatic N) is 1. The topological polar surface area (TPSA) is 73.1 Å². The number of carbonyl (C=O) groups excluding carboxylic acids is 1. The maximum Gasteiger partial charge on any atom is 0.225 e. The molecule has 0 spiro atoms. The molecule has 0 atom stereocenters. The van der Waals surface area contributed by atoms with Gasteiger partial charge in [-0.05, 0) is 35.7 Å². The van der Waals surface area contributed by atoms with Gasteiger partial charge in [0.1, 0.15) is 16.8 Å². The zero-order valence-corrected chi connectivity index (χ0v) is 12.1. The number of anilines is 1. The molecule has 0 fully saturated rings. The van der Waals surface area contributed by atoms with E-state index in [9.17, 15) is 4.79 Å². The van der Waals surface area contributed by atoms with E-state index in [4.69, 9.17) is 10.4 Å². The van der Waals surface area contributed by atoms with Gasteiger partial charge in [-0.1, -0.05) is 0 Å². The number of nitrogens with one attached hydrogen (secondary N) is 1. The Labute approximate surface area is 125 Å². The van der Waals surface area contributed by atoms with Gasteiger partial charge < -0.3 is 10.4 Å². The molecule has 2 rings (SSSR count). The first-order valence-electron chi connectivity index (χ1n) is 5.88. The second kappa shape index (κ2) is 6.98. The number of thiophene rings is 1. The fourth-order valence-corrected chi connectivity index (χ4v) is 3.09. The maximum atomic E-state index is 11.8. The summed E-state index contributed by atoms with van der Waals surface area (Å²) >= 11 is 2.89. The normalized spacial score (nSPS) is 9.95. The monoisotopic (exact) mass is 304 g/mol. The molecule has 0 unspecified atom stereocenters. The third kappa shape index (κ3) is 4.02. The Hall–Kier alpha value is -1.97. The van der Waals surface area contributed by atoms with Gasteiger partial charge in [0.2, 0.25) is 5.91 Å². The molecule has 1 amide bonds. The quantitative estimate of drug-likeness (QED) is 0.830. The van der Waals surface area contributed by atoms with Crippen LogP contribution in [-0.2, 0) is 4.79 Å². The van der Waals surface area contributed by atoms with Crippen LogP contribution < -0.4 is 5.32 Å². The molecule has 0 saturated carbocycles. The van der Waals surface area contributed by atoms with Gasteiger partial charge in [-0.3, -0.25) is 4.79 Å². The van der Waals surface area contributed by atoms with E-state index in [0.29, 0.717) is 22.7 Å².